The lowest BCUT2D eigenvalue weighted by Gasteiger charge is -2.16. The molecule has 42 heavy (non-hydrogen) atoms. The van der Waals surface area contributed by atoms with Crippen molar-refractivity contribution in [3.63, 3.8) is 0 Å². The Hall–Kier alpha value is -0.610. The molecule has 0 aliphatic heterocycles. The van der Waals surface area contributed by atoms with E-state index in [0.717, 1.165) is 32.1 Å². The highest BCUT2D eigenvalue weighted by molar-refractivity contribution is 5.72. The molecule has 0 aromatic carbocycles. The molecule has 0 fully saturated rings. The van der Waals surface area contributed by atoms with Crippen LogP contribution >= 0.6 is 0 Å². The summed E-state index contributed by atoms with van der Waals surface area (Å²) in [6, 6.07) is 0. The second kappa shape index (κ2) is 36.6. The van der Waals surface area contributed by atoms with E-state index in [9.17, 15) is 4.79 Å². The Kier molecular flexibility index (Phi) is 36.0. The van der Waals surface area contributed by atoms with Crippen LogP contribution in [0, 0.1) is 5.92 Å². The van der Waals surface area contributed by atoms with Crippen molar-refractivity contribution in [3.8, 4) is 0 Å². The Morgan fingerprint density at radius 3 is 1.14 bits per heavy atom. The normalized spacial score (nSPS) is 11.5. The lowest BCUT2D eigenvalue weighted by atomic mass is 9.94. The fraction of sp³-hybridized carbons (Fsp3) is 0.974. The maximum atomic E-state index is 12.9. The number of hydrogen-bond acceptors (Lipinski definition) is 4. The average Bonchev–Trinajstić information content (AvgIpc) is 3.00. The first kappa shape index (κ1) is 41.4. The highest BCUT2D eigenvalue weighted by atomic mass is 16.5. The molecular formula is C38H76O4. The molecule has 0 rings (SSSR count). The zero-order chi connectivity index (χ0) is 30.6. The Labute approximate surface area is 264 Å². The second-order valence-electron chi connectivity index (χ2n) is 12.9. The van der Waals surface area contributed by atoms with Crippen molar-refractivity contribution in [3.05, 3.63) is 0 Å². The van der Waals surface area contributed by atoms with Gasteiger partial charge in [0.15, 0.2) is 0 Å². The van der Waals surface area contributed by atoms with Crippen LogP contribution in [-0.4, -0.2) is 39.5 Å². The summed E-state index contributed by atoms with van der Waals surface area (Å²) in [4.78, 5) is 12.9. The van der Waals surface area contributed by atoms with Gasteiger partial charge in [0.05, 0.1) is 25.7 Å². The van der Waals surface area contributed by atoms with Crippen molar-refractivity contribution in [1.29, 1.82) is 0 Å². The van der Waals surface area contributed by atoms with Gasteiger partial charge in [-0.05, 0) is 12.8 Å². The van der Waals surface area contributed by atoms with Gasteiger partial charge >= 0.3 is 5.97 Å². The average molecular weight is 597 g/mol. The first-order valence-electron chi connectivity index (χ1n) is 19.0. The van der Waals surface area contributed by atoms with Crippen molar-refractivity contribution in [2.24, 2.45) is 5.92 Å². The van der Waals surface area contributed by atoms with E-state index < -0.39 is 0 Å². The Bertz CT molecular complexity index is 479. The van der Waals surface area contributed by atoms with Gasteiger partial charge in [-0.2, -0.15) is 0 Å². The number of esters is 1. The third-order valence-electron chi connectivity index (χ3n) is 8.75. The van der Waals surface area contributed by atoms with E-state index in [1.54, 1.807) is 7.11 Å². The van der Waals surface area contributed by atoms with E-state index in [1.165, 1.54) is 154 Å². The number of carbonyl (C=O) groups is 1. The number of hydrogen-bond donors (Lipinski definition) is 0. The van der Waals surface area contributed by atoms with Crippen LogP contribution in [0.25, 0.3) is 0 Å². The van der Waals surface area contributed by atoms with E-state index in [1.807, 2.05) is 0 Å². The summed E-state index contributed by atoms with van der Waals surface area (Å²) >= 11 is 0. The molecule has 0 spiro atoms. The van der Waals surface area contributed by atoms with Gasteiger partial charge < -0.3 is 14.2 Å². The van der Waals surface area contributed by atoms with Crippen LogP contribution in [0.5, 0.6) is 0 Å². The Balaban J connectivity index is 4.00. The Morgan fingerprint density at radius 2 is 0.786 bits per heavy atom. The van der Waals surface area contributed by atoms with Crippen LogP contribution < -0.4 is 0 Å². The molecule has 0 bridgehead atoms. The molecule has 0 N–H and O–H groups in total. The number of unbranched alkanes of at least 4 members (excludes halogenated alkanes) is 24. The summed E-state index contributed by atoms with van der Waals surface area (Å²) in [5.41, 5.74) is 0. The molecule has 0 atom stereocenters. The summed E-state index contributed by atoms with van der Waals surface area (Å²) < 4.78 is 16.2. The molecule has 0 aromatic heterocycles. The lowest BCUT2D eigenvalue weighted by Crippen LogP contribution is -2.19. The van der Waals surface area contributed by atoms with E-state index in [0.29, 0.717) is 26.4 Å². The van der Waals surface area contributed by atoms with Crippen LogP contribution in [0.15, 0.2) is 0 Å². The van der Waals surface area contributed by atoms with E-state index in [4.69, 9.17) is 14.2 Å². The molecule has 4 nitrogen and oxygen atoms in total. The molecule has 0 heterocycles. The van der Waals surface area contributed by atoms with E-state index in [-0.39, 0.29) is 11.9 Å². The van der Waals surface area contributed by atoms with Gasteiger partial charge in [-0.25, -0.2) is 0 Å². The molecule has 0 unspecified atom stereocenters. The van der Waals surface area contributed by atoms with E-state index in [2.05, 4.69) is 13.8 Å². The largest absolute Gasteiger partial charge is 0.465 e. The molecule has 4 heteroatoms. The SMILES string of the molecule is CCCCCCCCCCCCCCCC(CCCCCCCCCCCCCCC)C(=O)OCCCOCCOC. The molecule has 0 aliphatic carbocycles. The predicted octanol–water partition coefficient (Wildman–Crippen LogP) is 12.2. The van der Waals surface area contributed by atoms with Crippen LogP contribution in [0.1, 0.15) is 200 Å². The van der Waals surface area contributed by atoms with Gasteiger partial charge in [0.1, 0.15) is 0 Å². The number of carbonyl (C=O) groups excluding carboxylic acids is 1. The quantitative estimate of drug-likeness (QED) is 0.0533. The van der Waals surface area contributed by atoms with Gasteiger partial charge in [-0.1, -0.05) is 181 Å². The highest BCUT2D eigenvalue weighted by Crippen LogP contribution is 2.21. The van der Waals surface area contributed by atoms with Crippen LogP contribution in [0.2, 0.25) is 0 Å². The summed E-state index contributed by atoms with van der Waals surface area (Å²) in [6.07, 6.45) is 38.2. The summed E-state index contributed by atoms with van der Waals surface area (Å²) in [7, 11) is 1.68. The Morgan fingerprint density at radius 1 is 0.429 bits per heavy atom. The minimum Gasteiger partial charge on any atom is -0.465 e. The summed E-state index contributed by atoms with van der Waals surface area (Å²) in [5.74, 6) is 0.115. The van der Waals surface area contributed by atoms with Crippen LogP contribution in [-0.2, 0) is 19.0 Å². The topological polar surface area (TPSA) is 44.8 Å². The standard InChI is InChI=1S/C38H76O4/c1-4-6-8-10-12-14-16-18-20-22-24-26-28-31-37(38(39)42-34-30-33-41-36-35-40-3)32-29-27-25-23-21-19-17-15-13-11-9-7-5-2/h37H,4-36H2,1-3H3. The number of rotatable bonds is 36. The number of ether oxygens (including phenoxy) is 3. The van der Waals surface area contributed by atoms with Gasteiger partial charge in [0.25, 0.3) is 0 Å². The minimum absolute atomic E-state index is 0.0322. The molecule has 0 saturated heterocycles. The molecule has 0 aromatic rings. The van der Waals surface area contributed by atoms with Crippen molar-refractivity contribution < 1.29 is 19.0 Å². The molecule has 0 radical (unpaired) electrons. The van der Waals surface area contributed by atoms with Crippen molar-refractivity contribution in [2.45, 2.75) is 200 Å². The highest BCUT2D eigenvalue weighted by Gasteiger charge is 2.19. The number of methoxy groups -OCH3 is 1. The zero-order valence-electron chi connectivity index (χ0n) is 29.0. The fourth-order valence-electron chi connectivity index (χ4n) is 5.89. The van der Waals surface area contributed by atoms with Gasteiger partial charge in [0, 0.05) is 20.1 Å². The van der Waals surface area contributed by atoms with Gasteiger partial charge in [-0.15, -0.1) is 0 Å². The zero-order valence-corrected chi connectivity index (χ0v) is 29.0. The summed E-state index contributed by atoms with van der Waals surface area (Å²) in [6.45, 7) is 6.89. The maximum absolute atomic E-state index is 12.9. The maximum Gasteiger partial charge on any atom is 0.308 e. The fourth-order valence-corrected chi connectivity index (χ4v) is 5.89. The summed E-state index contributed by atoms with van der Waals surface area (Å²) in [5, 5.41) is 0. The van der Waals surface area contributed by atoms with E-state index >= 15 is 0 Å². The molecule has 252 valence electrons. The van der Waals surface area contributed by atoms with Gasteiger partial charge in [-0.3, -0.25) is 4.79 Å². The molecule has 0 saturated carbocycles. The molecule has 0 amide bonds. The van der Waals surface area contributed by atoms with Crippen molar-refractivity contribution >= 4 is 5.97 Å². The van der Waals surface area contributed by atoms with Gasteiger partial charge in [0.2, 0.25) is 0 Å². The van der Waals surface area contributed by atoms with Crippen molar-refractivity contribution in [1.82, 2.24) is 0 Å². The minimum atomic E-state index is 0.0322. The molecule has 0 aliphatic rings. The third-order valence-corrected chi connectivity index (χ3v) is 8.75. The second-order valence-corrected chi connectivity index (χ2v) is 12.9. The van der Waals surface area contributed by atoms with Crippen LogP contribution in [0.3, 0.4) is 0 Å². The predicted molar refractivity (Wildman–Crippen MR) is 182 cm³/mol. The van der Waals surface area contributed by atoms with Crippen LogP contribution in [0.4, 0.5) is 0 Å². The first-order valence-corrected chi connectivity index (χ1v) is 19.0. The first-order chi connectivity index (χ1) is 20.8. The molecular weight excluding hydrogens is 520 g/mol. The third kappa shape index (κ3) is 32.3. The lowest BCUT2D eigenvalue weighted by molar-refractivity contribution is -0.149. The smallest absolute Gasteiger partial charge is 0.308 e. The van der Waals surface area contributed by atoms with Crippen molar-refractivity contribution in [2.75, 3.05) is 33.5 Å². The monoisotopic (exact) mass is 597 g/mol.